The number of rotatable bonds is 2. The standard InChI is InChI=1S/C13H10.B2H4O5/c1-3-7-12-10(5-1)9-11-6-2-4-8-13(11)12;3-1(4)7-2(5)6/h1-8H,9H2;3-6H. The van der Waals surface area contributed by atoms with Gasteiger partial charge in [0.25, 0.3) is 0 Å². The average Bonchev–Trinajstić information content (AvgIpc) is 2.76. The molecule has 0 heterocycles. The third-order valence-corrected chi connectivity index (χ3v) is 2.95. The Labute approximate surface area is 117 Å². The van der Waals surface area contributed by atoms with Crippen molar-refractivity contribution in [1.29, 1.82) is 0 Å². The molecule has 4 N–H and O–H groups in total. The monoisotopic (exact) mass is 272 g/mol. The van der Waals surface area contributed by atoms with Gasteiger partial charge in [0.05, 0.1) is 0 Å². The smallest absolute Gasteiger partial charge is 0.402 e. The van der Waals surface area contributed by atoms with Gasteiger partial charge in [-0.05, 0) is 28.7 Å². The molecule has 0 bridgehead atoms. The highest BCUT2D eigenvalue weighted by atomic mass is 16.7. The Kier molecular flexibility index (Phi) is 4.94. The molecule has 2 aromatic rings. The quantitative estimate of drug-likeness (QED) is 0.500. The van der Waals surface area contributed by atoms with E-state index >= 15 is 0 Å². The minimum Gasteiger partial charge on any atom is -0.402 e. The van der Waals surface area contributed by atoms with Crippen LogP contribution in [-0.4, -0.2) is 34.7 Å². The first kappa shape index (κ1) is 14.8. The Balaban J connectivity index is 0.000000182. The molecule has 20 heavy (non-hydrogen) atoms. The molecular formula is C13H14B2O5. The second kappa shape index (κ2) is 6.69. The fourth-order valence-electron chi connectivity index (χ4n) is 2.19. The summed E-state index contributed by atoms with van der Waals surface area (Å²) in [5.41, 5.74) is 5.75. The molecule has 0 atom stereocenters. The molecule has 0 aromatic heterocycles. The van der Waals surface area contributed by atoms with Gasteiger partial charge in [-0.1, -0.05) is 48.5 Å². The summed E-state index contributed by atoms with van der Waals surface area (Å²) in [5, 5.41) is 30.9. The van der Waals surface area contributed by atoms with Crippen LogP contribution < -0.4 is 0 Å². The van der Waals surface area contributed by atoms with E-state index in [2.05, 4.69) is 53.1 Å². The van der Waals surface area contributed by atoms with Crippen molar-refractivity contribution in [2.75, 3.05) is 0 Å². The van der Waals surface area contributed by atoms with E-state index in [0.29, 0.717) is 0 Å². The van der Waals surface area contributed by atoms with Gasteiger partial charge < -0.3 is 24.7 Å². The van der Waals surface area contributed by atoms with E-state index in [4.69, 9.17) is 20.1 Å². The van der Waals surface area contributed by atoms with Gasteiger partial charge in [0, 0.05) is 0 Å². The van der Waals surface area contributed by atoms with Gasteiger partial charge in [0.1, 0.15) is 0 Å². The molecule has 5 nitrogen and oxygen atoms in total. The second-order valence-electron chi connectivity index (χ2n) is 4.28. The van der Waals surface area contributed by atoms with E-state index in [9.17, 15) is 0 Å². The van der Waals surface area contributed by atoms with Crippen LogP contribution in [0.4, 0.5) is 0 Å². The lowest BCUT2D eigenvalue weighted by Gasteiger charge is -1.98. The van der Waals surface area contributed by atoms with Crippen LogP contribution in [0.2, 0.25) is 0 Å². The number of benzene rings is 2. The average molecular weight is 272 g/mol. The molecule has 0 spiro atoms. The summed E-state index contributed by atoms with van der Waals surface area (Å²) in [5.74, 6) is 0. The Morgan fingerprint density at radius 2 is 1.10 bits per heavy atom. The van der Waals surface area contributed by atoms with E-state index in [-0.39, 0.29) is 0 Å². The molecule has 1 aliphatic rings. The van der Waals surface area contributed by atoms with Crippen LogP contribution in [0.3, 0.4) is 0 Å². The predicted octanol–water partition coefficient (Wildman–Crippen LogP) is 0.200. The third kappa shape index (κ3) is 3.69. The summed E-state index contributed by atoms with van der Waals surface area (Å²) in [6.07, 6.45) is 1.10. The summed E-state index contributed by atoms with van der Waals surface area (Å²) >= 11 is 0. The molecular weight excluding hydrogens is 258 g/mol. The highest BCUT2D eigenvalue weighted by Gasteiger charge is 2.18. The largest absolute Gasteiger partial charge is 0.621 e. The zero-order valence-electron chi connectivity index (χ0n) is 10.7. The lowest BCUT2D eigenvalue weighted by Crippen LogP contribution is -2.28. The van der Waals surface area contributed by atoms with E-state index in [1.807, 2.05) is 0 Å². The van der Waals surface area contributed by atoms with E-state index in [1.165, 1.54) is 22.3 Å². The number of fused-ring (bicyclic) bond motifs is 3. The molecule has 0 unspecified atom stereocenters. The van der Waals surface area contributed by atoms with Crippen molar-refractivity contribution in [2.45, 2.75) is 6.42 Å². The summed E-state index contributed by atoms with van der Waals surface area (Å²) in [4.78, 5) is 0. The Morgan fingerprint density at radius 1 is 0.700 bits per heavy atom. The zero-order valence-corrected chi connectivity index (χ0v) is 10.7. The lowest BCUT2D eigenvalue weighted by atomic mass is 10.1. The SMILES string of the molecule is OB(O)OB(O)O.c1ccc2c(c1)Cc1ccccc1-2. The first-order valence-corrected chi connectivity index (χ1v) is 6.12. The molecule has 0 amide bonds. The van der Waals surface area contributed by atoms with Gasteiger partial charge in [-0.15, -0.1) is 0 Å². The molecule has 1 aliphatic carbocycles. The summed E-state index contributed by atoms with van der Waals surface area (Å²) in [7, 11) is -4.25. The molecule has 0 radical (unpaired) electrons. The van der Waals surface area contributed by atoms with Crippen molar-refractivity contribution in [2.24, 2.45) is 0 Å². The number of hydrogen-bond donors (Lipinski definition) is 4. The first-order chi connectivity index (χ1) is 9.58. The predicted molar refractivity (Wildman–Crippen MR) is 76.2 cm³/mol. The fourth-order valence-corrected chi connectivity index (χ4v) is 2.19. The molecule has 0 aliphatic heterocycles. The number of hydrogen-bond acceptors (Lipinski definition) is 5. The first-order valence-electron chi connectivity index (χ1n) is 6.12. The van der Waals surface area contributed by atoms with Crippen LogP contribution >= 0.6 is 0 Å². The van der Waals surface area contributed by atoms with Crippen LogP contribution in [0.25, 0.3) is 11.1 Å². The minimum absolute atomic E-state index is 1.10. The maximum atomic E-state index is 7.74. The van der Waals surface area contributed by atoms with Crippen LogP contribution in [0.5, 0.6) is 0 Å². The van der Waals surface area contributed by atoms with E-state index in [0.717, 1.165) is 6.42 Å². The van der Waals surface area contributed by atoms with Gasteiger partial charge in [0.15, 0.2) is 0 Å². The van der Waals surface area contributed by atoms with E-state index in [1.54, 1.807) is 0 Å². The van der Waals surface area contributed by atoms with Crippen LogP contribution in [0.1, 0.15) is 11.1 Å². The van der Waals surface area contributed by atoms with Gasteiger partial charge >= 0.3 is 14.6 Å². The van der Waals surface area contributed by atoms with Crippen LogP contribution in [0.15, 0.2) is 48.5 Å². The van der Waals surface area contributed by atoms with Gasteiger partial charge in [-0.2, -0.15) is 0 Å². The van der Waals surface area contributed by atoms with Crippen LogP contribution in [-0.2, 0) is 11.0 Å². The second-order valence-corrected chi connectivity index (χ2v) is 4.28. The van der Waals surface area contributed by atoms with Gasteiger partial charge in [-0.3, -0.25) is 0 Å². The lowest BCUT2D eigenvalue weighted by molar-refractivity contribution is 0.213. The summed E-state index contributed by atoms with van der Waals surface area (Å²) in [6.45, 7) is 0. The highest BCUT2D eigenvalue weighted by Crippen LogP contribution is 2.35. The third-order valence-electron chi connectivity index (χ3n) is 2.95. The highest BCUT2D eigenvalue weighted by molar-refractivity contribution is 6.48. The molecule has 0 saturated heterocycles. The maximum absolute atomic E-state index is 7.74. The fraction of sp³-hybridized carbons (Fsp3) is 0.0769. The normalized spacial score (nSPS) is 11.0. The van der Waals surface area contributed by atoms with Crippen molar-refractivity contribution in [3.05, 3.63) is 59.7 Å². The van der Waals surface area contributed by atoms with Crippen LogP contribution in [0, 0.1) is 0 Å². The van der Waals surface area contributed by atoms with Crippen molar-refractivity contribution >= 4 is 14.6 Å². The molecule has 7 heteroatoms. The van der Waals surface area contributed by atoms with Crippen molar-refractivity contribution in [1.82, 2.24) is 0 Å². The molecule has 0 fully saturated rings. The molecule has 0 saturated carbocycles. The van der Waals surface area contributed by atoms with Crippen molar-refractivity contribution < 1.29 is 24.7 Å². The van der Waals surface area contributed by atoms with Gasteiger partial charge in [-0.25, -0.2) is 0 Å². The zero-order chi connectivity index (χ0) is 14.5. The maximum Gasteiger partial charge on any atom is 0.621 e. The van der Waals surface area contributed by atoms with Crippen molar-refractivity contribution in [3.63, 3.8) is 0 Å². The summed E-state index contributed by atoms with van der Waals surface area (Å²) < 4.78 is 3.47. The Bertz CT molecular complexity index is 525. The minimum atomic E-state index is -2.13. The molecule has 2 aromatic carbocycles. The topological polar surface area (TPSA) is 90.2 Å². The Hall–Kier alpha value is -1.63. The van der Waals surface area contributed by atoms with Crippen molar-refractivity contribution in [3.8, 4) is 11.1 Å². The Morgan fingerprint density at radius 3 is 1.45 bits per heavy atom. The van der Waals surface area contributed by atoms with E-state index < -0.39 is 14.6 Å². The molecule has 3 rings (SSSR count). The molecule has 102 valence electrons. The summed E-state index contributed by atoms with van der Waals surface area (Å²) in [6, 6.07) is 17.3. The van der Waals surface area contributed by atoms with Gasteiger partial charge in [0.2, 0.25) is 0 Å².